The van der Waals surface area contributed by atoms with E-state index in [4.69, 9.17) is 0 Å². The molecule has 0 fully saturated rings. The minimum atomic E-state index is -0.150. The summed E-state index contributed by atoms with van der Waals surface area (Å²) in [7, 11) is 1.59. The van der Waals surface area contributed by atoms with Gasteiger partial charge >= 0.3 is 0 Å². The standard InChI is InChI=1S/C19H14N2O2S2/c1-20-18(22)11-6-8-12(9-7-11)21-19(23)16-10-15-17(25-16)13-4-2-3-5-14(13)24-15/h2-10H,1H3,(H,20,22)(H,21,23). The predicted octanol–water partition coefficient (Wildman–Crippen LogP) is 4.73. The molecule has 0 radical (unpaired) electrons. The van der Waals surface area contributed by atoms with Crippen LogP contribution in [0.3, 0.4) is 0 Å². The molecule has 4 rings (SSSR count). The Kier molecular flexibility index (Phi) is 3.99. The lowest BCUT2D eigenvalue weighted by Crippen LogP contribution is -2.17. The van der Waals surface area contributed by atoms with Crippen molar-refractivity contribution >= 4 is 59.7 Å². The smallest absolute Gasteiger partial charge is 0.265 e. The van der Waals surface area contributed by atoms with Crippen molar-refractivity contribution < 1.29 is 9.59 Å². The first kappa shape index (κ1) is 15.8. The molecule has 124 valence electrons. The SMILES string of the molecule is CNC(=O)c1ccc(NC(=O)c2cc3sc4ccccc4c3s2)cc1. The van der Waals surface area contributed by atoms with Crippen molar-refractivity contribution in [2.24, 2.45) is 0 Å². The lowest BCUT2D eigenvalue weighted by Gasteiger charge is -2.05. The summed E-state index contributed by atoms with van der Waals surface area (Å²) in [5.74, 6) is -0.284. The van der Waals surface area contributed by atoms with Crippen LogP contribution in [0.25, 0.3) is 19.5 Å². The molecule has 2 N–H and O–H groups in total. The molecule has 6 heteroatoms. The fourth-order valence-corrected chi connectivity index (χ4v) is 5.07. The summed E-state index contributed by atoms with van der Waals surface area (Å²) in [6.07, 6.45) is 0. The van der Waals surface area contributed by atoms with Crippen LogP contribution in [0.15, 0.2) is 54.6 Å². The first-order valence-corrected chi connectivity index (χ1v) is 9.33. The number of rotatable bonds is 3. The van der Waals surface area contributed by atoms with E-state index < -0.39 is 0 Å². The normalized spacial score (nSPS) is 10.9. The molecule has 0 aliphatic heterocycles. The van der Waals surface area contributed by atoms with Crippen molar-refractivity contribution in [3.8, 4) is 0 Å². The van der Waals surface area contributed by atoms with Crippen molar-refractivity contribution in [3.63, 3.8) is 0 Å². The minimum Gasteiger partial charge on any atom is -0.355 e. The molecule has 0 aliphatic carbocycles. The number of benzene rings is 2. The van der Waals surface area contributed by atoms with Crippen LogP contribution in [0.4, 0.5) is 5.69 Å². The quantitative estimate of drug-likeness (QED) is 0.551. The second-order valence-corrected chi connectivity index (χ2v) is 7.65. The Bertz CT molecular complexity index is 1090. The molecule has 2 amide bonds. The van der Waals surface area contributed by atoms with Crippen LogP contribution < -0.4 is 10.6 Å². The van der Waals surface area contributed by atoms with Gasteiger partial charge in [0.1, 0.15) is 0 Å². The third kappa shape index (κ3) is 2.90. The molecule has 2 aromatic carbocycles. The number of anilines is 1. The molecular weight excluding hydrogens is 352 g/mol. The van der Waals surface area contributed by atoms with Gasteiger partial charge in [0, 0.05) is 33.1 Å². The van der Waals surface area contributed by atoms with E-state index in [9.17, 15) is 9.59 Å². The van der Waals surface area contributed by atoms with Crippen molar-refractivity contribution in [1.82, 2.24) is 5.32 Å². The van der Waals surface area contributed by atoms with Crippen LogP contribution >= 0.6 is 22.7 Å². The van der Waals surface area contributed by atoms with E-state index in [1.165, 1.54) is 21.4 Å². The van der Waals surface area contributed by atoms with Crippen molar-refractivity contribution in [2.45, 2.75) is 0 Å². The van der Waals surface area contributed by atoms with Gasteiger partial charge in [-0.1, -0.05) is 18.2 Å². The zero-order valence-electron chi connectivity index (χ0n) is 13.3. The molecule has 0 atom stereocenters. The summed E-state index contributed by atoms with van der Waals surface area (Å²) in [5.41, 5.74) is 1.22. The molecule has 0 spiro atoms. The van der Waals surface area contributed by atoms with Crippen LogP contribution in [0.1, 0.15) is 20.0 Å². The number of hydrogen-bond acceptors (Lipinski definition) is 4. The number of carbonyl (C=O) groups is 2. The van der Waals surface area contributed by atoms with E-state index >= 15 is 0 Å². The third-order valence-corrected chi connectivity index (χ3v) is 6.32. The Hall–Kier alpha value is -2.70. The molecule has 2 heterocycles. The number of amides is 2. The average Bonchev–Trinajstić information content (AvgIpc) is 3.19. The molecule has 4 nitrogen and oxygen atoms in total. The first-order valence-electron chi connectivity index (χ1n) is 7.70. The molecule has 0 bridgehead atoms. The fraction of sp³-hybridized carbons (Fsp3) is 0.0526. The highest BCUT2D eigenvalue weighted by atomic mass is 32.1. The summed E-state index contributed by atoms with van der Waals surface area (Å²) in [6, 6.07) is 17.0. The molecule has 25 heavy (non-hydrogen) atoms. The fourth-order valence-electron chi connectivity index (χ4n) is 2.65. The zero-order valence-corrected chi connectivity index (χ0v) is 15.0. The van der Waals surface area contributed by atoms with Gasteiger partial charge in [0.25, 0.3) is 11.8 Å². The van der Waals surface area contributed by atoms with Gasteiger partial charge < -0.3 is 10.6 Å². The van der Waals surface area contributed by atoms with Gasteiger partial charge in [0.05, 0.1) is 9.58 Å². The van der Waals surface area contributed by atoms with Gasteiger partial charge in [-0.15, -0.1) is 22.7 Å². The molecule has 0 unspecified atom stereocenters. The maximum absolute atomic E-state index is 12.5. The Balaban J connectivity index is 1.58. The van der Waals surface area contributed by atoms with Gasteiger partial charge in [0.2, 0.25) is 0 Å². The lowest BCUT2D eigenvalue weighted by molar-refractivity contribution is 0.0962. The van der Waals surface area contributed by atoms with Crippen LogP contribution in [0.5, 0.6) is 0 Å². The van der Waals surface area contributed by atoms with Gasteiger partial charge in [0.15, 0.2) is 0 Å². The van der Waals surface area contributed by atoms with Gasteiger partial charge in [-0.05, 0) is 36.4 Å². The molecule has 0 saturated heterocycles. The summed E-state index contributed by atoms with van der Waals surface area (Å²) >= 11 is 3.21. The highest BCUT2D eigenvalue weighted by Gasteiger charge is 2.14. The lowest BCUT2D eigenvalue weighted by atomic mass is 10.2. The summed E-state index contributed by atoms with van der Waals surface area (Å²) in [4.78, 5) is 24.7. The monoisotopic (exact) mass is 366 g/mol. The van der Waals surface area contributed by atoms with Crippen LogP contribution in [-0.4, -0.2) is 18.9 Å². The largest absolute Gasteiger partial charge is 0.355 e. The zero-order chi connectivity index (χ0) is 17.4. The number of thiophene rings is 2. The van der Waals surface area contributed by atoms with E-state index in [1.807, 2.05) is 18.2 Å². The molecule has 4 aromatic rings. The maximum Gasteiger partial charge on any atom is 0.265 e. The highest BCUT2D eigenvalue weighted by Crippen LogP contribution is 2.39. The highest BCUT2D eigenvalue weighted by molar-refractivity contribution is 7.33. The molecule has 2 aromatic heterocycles. The van der Waals surface area contributed by atoms with Crippen molar-refractivity contribution in [3.05, 3.63) is 65.0 Å². The molecule has 0 saturated carbocycles. The Morgan fingerprint density at radius 3 is 2.40 bits per heavy atom. The van der Waals surface area contributed by atoms with Gasteiger partial charge in [-0.25, -0.2) is 0 Å². The van der Waals surface area contributed by atoms with Crippen LogP contribution in [0.2, 0.25) is 0 Å². The Morgan fingerprint density at radius 2 is 1.64 bits per heavy atom. The Morgan fingerprint density at radius 1 is 0.880 bits per heavy atom. The van der Waals surface area contributed by atoms with E-state index in [1.54, 1.807) is 42.6 Å². The molecular formula is C19H14N2O2S2. The van der Waals surface area contributed by atoms with Gasteiger partial charge in [-0.2, -0.15) is 0 Å². The minimum absolute atomic E-state index is 0.134. The summed E-state index contributed by atoms with van der Waals surface area (Å²) < 4.78 is 3.52. The van der Waals surface area contributed by atoms with E-state index in [0.717, 1.165) is 9.40 Å². The van der Waals surface area contributed by atoms with E-state index in [-0.39, 0.29) is 11.8 Å². The topological polar surface area (TPSA) is 58.2 Å². The van der Waals surface area contributed by atoms with E-state index in [2.05, 4.69) is 22.8 Å². The van der Waals surface area contributed by atoms with Crippen molar-refractivity contribution in [1.29, 1.82) is 0 Å². The second kappa shape index (κ2) is 6.31. The maximum atomic E-state index is 12.5. The first-order chi connectivity index (χ1) is 12.2. The number of nitrogens with one attached hydrogen (secondary N) is 2. The predicted molar refractivity (Wildman–Crippen MR) is 105 cm³/mol. The third-order valence-electron chi connectivity index (χ3n) is 3.91. The molecule has 0 aliphatic rings. The van der Waals surface area contributed by atoms with Crippen LogP contribution in [-0.2, 0) is 0 Å². The number of hydrogen-bond donors (Lipinski definition) is 2. The summed E-state index contributed by atoms with van der Waals surface area (Å²) in [6.45, 7) is 0. The average molecular weight is 366 g/mol. The number of carbonyl (C=O) groups excluding carboxylic acids is 2. The van der Waals surface area contributed by atoms with Gasteiger partial charge in [-0.3, -0.25) is 9.59 Å². The second-order valence-electron chi connectivity index (χ2n) is 5.51. The summed E-state index contributed by atoms with van der Waals surface area (Å²) in [5, 5.41) is 6.65. The van der Waals surface area contributed by atoms with Crippen molar-refractivity contribution in [2.75, 3.05) is 12.4 Å². The van der Waals surface area contributed by atoms with Crippen LogP contribution in [0, 0.1) is 0 Å². The number of fused-ring (bicyclic) bond motifs is 3. The Labute approximate surface area is 152 Å². The van der Waals surface area contributed by atoms with E-state index in [0.29, 0.717) is 16.1 Å².